The van der Waals surface area contributed by atoms with Gasteiger partial charge in [0.15, 0.2) is 0 Å². The van der Waals surface area contributed by atoms with E-state index in [0.29, 0.717) is 21.5 Å². The summed E-state index contributed by atoms with van der Waals surface area (Å²) < 4.78 is 7.47. The maximum atomic E-state index is 12.3. The molecule has 1 saturated heterocycles. The summed E-state index contributed by atoms with van der Waals surface area (Å²) in [5, 5.41) is 0. The van der Waals surface area contributed by atoms with Crippen molar-refractivity contribution in [3.8, 4) is 11.3 Å². The first-order valence-corrected chi connectivity index (χ1v) is 9.21. The fourth-order valence-corrected chi connectivity index (χ4v) is 3.80. The molecule has 1 amide bonds. The van der Waals surface area contributed by atoms with Gasteiger partial charge in [-0.2, -0.15) is 0 Å². The van der Waals surface area contributed by atoms with Crippen molar-refractivity contribution < 1.29 is 9.21 Å². The van der Waals surface area contributed by atoms with E-state index in [1.165, 1.54) is 11.8 Å². The standard InChI is InChI=1S/C17H14BrNO2S2/c1-2-9-19-16(20)15(23-17(19)22)10-13-7-8-14(21-13)11-3-5-12(18)6-4-11/h3-8,10H,2,9H2,1H3/b15-10+. The number of furan rings is 1. The molecular formula is C17H14BrNO2S2. The van der Waals surface area contributed by atoms with Gasteiger partial charge in [-0.15, -0.1) is 0 Å². The molecular weight excluding hydrogens is 394 g/mol. The first-order valence-electron chi connectivity index (χ1n) is 7.19. The lowest BCUT2D eigenvalue weighted by Gasteiger charge is -2.11. The van der Waals surface area contributed by atoms with Crippen LogP contribution in [0.5, 0.6) is 0 Å². The summed E-state index contributed by atoms with van der Waals surface area (Å²) in [4.78, 5) is 14.6. The van der Waals surface area contributed by atoms with Crippen molar-refractivity contribution in [2.24, 2.45) is 0 Å². The average Bonchev–Trinajstić information content (AvgIpc) is 3.09. The summed E-state index contributed by atoms with van der Waals surface area (Å²) in [7, 11) is 0. The molecule has 0 saturated carbocycles. The maximum absolute atomic E-state index is 12.3. The van der Waals surface area contributed by atoms with E-state index in [9.17, 15) is 4.79 Å². The Hall–Kier alpha value is -1.37. The summed E-state index contributed by atoms with van der Waals surface area (Å²) >= 11 is 10.0. The van der Waals surface area contributed by atoms with Gasteiger partial charge >= 0.3 is 0 Å². The van der Waals surface area contributed by atoms with E-state index in [-0.39, 0.29) is 5.91 Å². The van der Waals surface area contributed by atoms with Crippen LogP contribution >= 0.6 is 39.9 Å². The van der Waals surface area contributed by atoms with Crippen LogP contribution < -0.4 is 0 Å². The third kappa shape index (κ3) is 3.59. The van der Waals surface area contributed by atoms with Crippen LogP contribution in [0.25, 0.3) is 17.4 Å². The monoisotopic (exact) mass is 407 g/mol. The largest absolute Gasteiger partial charge is 0.457 e. The lowest BCUT2D eigenvalue weighted by Crippen LogP contribution is -2.28. The number of benzene rings is 1. The van der Waals surface area contributed by atoms with Gasteiger partial charge in [0.05, 0.1) is 4.91 Å². The Balaban J connectivity index is 1.82. The van der Waals surface area contributed by atoms with Gasteiger partial charge in [0.1, 0.15) is 15.8 Å². The average molecular weight is 408 g/mol. The van der Waals surface area contributed by atoms with Gasteiger partial charge < -0.3 is 4.42 Å². The van der Waals surface area contributed by atoms with Gasteiger partial charge in [0, 0.05) is 22.7 Å². The number of halogens is 1. The Kier molecular flexibility index (Phi) is 5.04. The number of thiocarbonyl (C=S) groups is 1. The zero-order valence-corrected chi connectivity index (χ0v) is 15.6. The first kappa shape index (κ1) is 16.5. The zero-order chi connectivity index (χ0) is 16.4. The van der Waals surface area contributed by atoms with Crippen LogP contribution in [0.3, 0.4) is 0 Å². The van der Waals surface area contributed by atoms with Crippen LogP contribution in [0.4, 0.5) is 0 Å². The van der Waals surface area contributed by atoms with Gasteiger partial charge in [-0.25, -0.2) is 0 Å². The SMILES string of the molecule is CCCN1C(=O)/C(=C\c2ccc(-c3ccc(Br)cc3)o2)SC1=S. The molecule has 0 N–H and O–H groups in total. The predicted molar refractivity (Wildman–Crippen MR) is 102 cm³/mol. The Morgan fingerprint density at radius 1 is 1.26 bits per heavy atom. The molecule has 3 nitrogen and oxygen atoms in total. The van der Waals surface area contributed by atoms with E-state index in [4.69, 9.17) is 16.6 Å². The van der Waals surface area contributed by atoms with Gasteiger partial charge in [-0.1, -0.05) is 59.0 Å². The van der Waals surface area contributed by atoms with E-state index < -0.39 is 0 Å². The topological polar surface area (TPSA) is 33.5 Å². The number of nitrogens with zero attached hydrogens (tertiary/aromatic N) is 1. The smallest absolute Gasteiger partial charge is 0.266 e. The highest BCUT2D eigenvalue weighted by Crippen LogP contribution is 2.33. The minimum Gasteiger partial charge on any atom is -0.457 e. The number of carbonyl (C=O) groups excluding carboxylic acids is 1. The highest BCUT2D eigenvalue weighted by molar-refractivity contribution is 9.10. The Bertz CT molecular complexity index is 780. The molecule has 0 bridgehead atoms. The van der Waals surface area contributed by atoms with Gasteiger partial charge in [-0.05, 0) is 30.7 Å². The number of amides is 1. The molecule has 118 valence electrons. The molecule has 0 radical (unpaired) electrons. The van der Waals surface area contributed by atoms with E-state index in [1.807, 2.05) is 43.3 Å². The number of hydrogen-bond acceptors (Lipinski definition) is 4. The third-order valence-electron chi connectivity index (χ3n) is 3.35. The summed E-state index contributed by atoms with van der Waals surface area (Å²) in [6.45, 7) is 2.68. The number of carbonyl (C=O) groups is 1. The molecule has 1 aliphatic heterocycles. The molecule has 1 aliphatic rings. The summed E-state index contributed by atoms with van der Waals surface area (Å²) in [6.07, 6.45) is 2.64. The molecule has 1 aromatic heterocycles. The van der Waals surface area contributed by atoms with E-state index in [1.54, 1.807) is 11.0 Å². The van der Waals surface area contributed by atoms with Crippen molar-refractivity contribution >= 4 is 56.2 Å². The van der Waals surface area contributed by atoms with Crippen LogP contribution in [0, 0.1) is 0 Å². The van der Waals surface area contributed by atoms with Gasteiger partial charge in [0.25, 0.3) is 5.91 Å². The Morgan fingerprint density at radius 3 is 2.70 bits per heavy atom. The zero-order valence-electron chi connectivity index (χ0n) is 12.4. The second-order valence-electron chi connectivity index (χ2n) is 5.04. The normalized spacial score (nSPS) is 16.6. The quantitative estimate of drug-likeness (QED) is 0.507. The number of rotatable bonds is 4. The summed E-state index contributed by atoms with van der Waals surface area (Å²) in [5.41, 5.74) is 0.992. The maximum Gasteiger partial charge on any atom is 0.266 e. The molecule has 0 spiro atoms. The molecule has 0 atom stereocenters. The lowest BCUT2D eigenvalue weighted by atomic mass is 10.2. The van der Waals surface area contributed by atoms with Crippen molar-refractivity contribution in [3.05, 3.63) is 51.5 Å². The molecule has 1 fully saturated rings. The van der Waals surface area contributed by atoms with Crippen molar-refractivity contribution in [1.82, 2.24) is 4.90 Å². The summed E-state index contributed by atoms with van der Waals surface area (Å²) in [5.74, 6) is 1.39. The van der Waals surface area contributed by atoms with Crippen molar-refractivity contribution in [3.63, 3.8) is 0 Å². The van der Waals surface area contributed by atoms with Crippen LogP contribution in [-0.4, -0.2) is 21.7 Å². The fraction of sp³-hybridized carbons (Fsp3) is 0.176. The predicted octanol–water partition coefficient (Wildman–Crippen LogP) is 5.32. The van der Waals surface area contributed by atoms with E-state index >= 15 is 0 Å². The number of hydrogen-bond donors (Lipinski definition) is 0. The van der Waals surface area contributed by atoms with Crippen LogP contribution in [0.2, 0.25) is 0 Å². The van der Waals surface area contributed by atoms with E-state index in [0.717, 1.165) is 22.2 Å². The Labute approximate surface area is 152 Å². The van der Waals surface area contributed by atoms with Crippen LogP contribution in [0.1, 0.15) is 19.1 Å². The minimum absolute atomic E-state index is 0.0385. The molecule has 1 aromatic carbocycles. The molecule has 23 heavy (non-hydrogen) atoms. The van der Waals surface area contributed by atoms with Gasteiger partial charge in [-0.3, -0.25) is 9.69 Å². The highest BCUT2D eigenvalue weighted by Gasteiger charge is 2.31. The third-order valence-corrected chi connectivity index (χ3v) is 5.26. The molecule has 2 aromatic rings. The first-order chi connectivity index (χ1) is 11.1. The second kappa shape index (κ2) is 7.03. The molecule has 3 rings (SSSR count). The van der Waals surface area contributed by atoms with Crippen molar-refractivity contribution in [1.29, 1.82) is 0 Å². The molecule has 0 aliphatic carbocycles. The highest BCUT2D eigenvalue weighted by atomic mass is 79.9. The fourth-order valence-electron chi connectivity index (χ4n) is 2.25. The molecule has 2 heterocycles. The van der Waals surface area contributed by atoms with Crippen molar-refractivity contribution in [2.75, 3.05) is 6.54 Å². The molecule has 6 heteroatoms. The minimum atomic E-state index is -0.0385. The number of thioether (sulfide) groups is 1. The Morgan fingerprint density at radius 2 is 2.00 bits per heavy atom. The summed E-state index contributed by atoms with van der Waals surface area (Å²) in [6, 6.07) is 11.7. The van der Waals surface area contributed by atoms with E-state index in [2.05, 4.69) is 15.9 Å². The lowest BCUT2D eigenvalue weighted by molar-refractivity contribution is -0.122. The molecule has 0 unspecified atom stereocenters. The van der Waals surface area contributed by atoms with Crippen LogP contribution in [0.15, 0.2) is 50.2 Å². The van der Waals surface area contributed by atoms with Gasteiger partial charge in [0.2, 0.25) is 0 Å². The van der Waals surface area contributed by atoms with Crippen molar-refractivity contribution in [2.45, 2.75) is 13.3 Å². The van der Waals surface area contributed by atoms with Crippen LogP contribution in [-0.2, 0) is 4.79 Å². The second-order valence-corrected chi connectivity index (χ2v) is 7.63.